The zero-order chi connectivity index (χ0) is 12.0. The summed E-state index contributed by atoms with van der Waals surface area (Å²) in [6.45, 7) is 8.85. The van der Waals surface area contributed by atoms with E-state index in [1.165, 1.54) is 4.88 Å². The second kappa shape index (κ2) is 7.28. The normalized spacial score (nSPS) is 13.3. The van der Waals surface area contributed by atoms with Gasteiger partial charge in [-0.15, -0.1) is 11.3 Å². The highest BCUT2D eigenvalue weighted by Gasteiger charge is 2.12. The van der Waals surface area contributed by atoms with E-state index in [0.29, 0.717) is 12.0 Å². The van der Waals surface area contributed by atoms with Gasteiger partial charge in [0.1, 0.15) is 0 Å². The summed E-state index contributed by atoms with van der Waals surface area (Å²) in [5.41, 5.74) is 0. The Labute approximate surface area is 107 Å². The summed E-state index contributed by atoms with van der Waals surface area (Å²) in [7, 11) is 0. The van der Waals surface area contributed by atoms with Gasteiger partial charge in [-0.25, -0.2) is 0 Å². The lowest BCUT2D eigenvalue weighted by molar-refractivity contribution is 0.108. The Balaban J connectivity index is 2.37. The molecule has 1 atom stereocenters. The molecule has 2 nitrogen and oxygen atoms in total. The van der Waals surface area contributed by atoms with Crippen LogP contribution in [-0.4, -0.2) is 19.3 Å². The van der Waals surface area contributed by atoms with Crippen LogP contribution in [0.4, 0.5) is 0 Å². The predicted octanol–water partition coefficient (Wildman–Crippen LogP) is 3.55. The molecule has 0 fully saturated rings. The maximum Gasteiger partial charge on any atom is 0.0622 e. The summed E-state index contributed by atoms with van der Waals surface area (Å²) in [6, 6.07) is 2.41. The molecule has 1 unspecified atom stereocenters. The first-order valence-electron chi connectivity index (χ1n) is 5.67. The van der Waals surface area contributed by atoms with Crippen molar-refractivity contribution >= 4 is 22.9 Å². The summed E-state index contributed by atoms with van der Waals surface area (Å²) >= 11 is 7.57. The van der Waals surface area contributed by atoms with Crippen LogP contribution in [0.1, 0.15) is 25.6 Å². The molecule has 0 saturated carbocycles. The second-order valence-corrected chi connectivity index (χ2v) is 5.55. The molecular weight excluding hydrogens is 242 g/mol. The third-order valence-corrected chi connectivity index (χ3v) is 3.75. The van der Waals surface area contributed by atoms with Gasteiger partial charge in [-0.1, -0.05) is 25.4 Å². The van der Waals surface area contributed by atoms with Gasteiger partial charge in [0, 0.05) is 29.5 Å². The first-order valence-corrected chi connectivity index (χ1v) is 6.93. The molecule has 16 heavy (non-hydrogen) atoms. The minimum Gasteiger partial charge on any atom is -0.380 e. The van der Waals surface area contributed by atoms with E-state index in [-0.39, 0.29) is 0 Å². The van der Waals surface area contributed by atoms with E-state index in [1.807, 2.05) is 18.4 Å². The van der Waals surface area contributed by atoms with Gasteiger partial charge in [-0.05, 0) is 18.9 Å². The summed E-state index contributed by atoms with van der Waals surface area (Å²) in [5.74, 6) is 0.571. The number of rotatable bonds is 7. The second-order valence-electron chi connectivity index (χ2n) is 4.12. The Morgan fingerprint density at radius 1 is 1.50 bits per heavy atom. The Morgan fingerprint density at radius 3 is 2.75 bits per heavy atom. The standard InChI is InChI=1S/C12H20ClNOS/c1-4-15-7-12(9(2)3)14-6-11-5-10(13)8-16-11/h5,8-9,12,14H,4,6-7H2,1-3H3. The molecule has 0 aliphatic rings. The molecule has 0 saturated heterocycles. The van der Waals surface area contributed by atoms with Crippen molar-refractivity contribution in [3.63, 3.8) is 0 Å². The van der Waals surface area contributed by atoms with E-state index in [2.05, 4.69) is 19.2 Å². The first kappa shape index (κ1) is 14.0. The van der Waals surface area contributed by atoms with E-state index < -0.39 is 0 Å². The lowest BCUT2D eigenvalue weighted by atomic mass is 10.1. The van der Waals surface area contributed by atoms with Gasteiger partial charge in [0.2, 0.25) is 0 Å². The van der Waals surface area contributed by atoms with Crippen LogP contribution in [0.5, 0.6) is 0 Å². The van der Waals surface area contributed by atoms with Gasteiger partial charge < -0.3 is 10.1 Å². The molecule has 1 N–H and O–H groups in total. The molecule has 1 aromatic heterocycles. The fourth-order valence-electron chi connectivity index (χ4n) is 1.41. The van der Waals surface area contributed by atoms with Crippen LogP contribution in [0.25, 0.3) is 0 Å². The van der Waals surface area contributed by atoms with Crippen molar-refractivity contribution in [2.45, 2.75) is 33.4 Å². The molecule has 0 aromatic carbocycles. The molecule has 92 valence electrons. The van der Waals surface area contributed by atoms with Crippen LogP contribution in [0, 0.1) is 5.92 Å². The molecular formula is C12H20ClNOS. The fraction of sp³-hybridized carbons (Fsp3) is 0.667. The number of halogens is 1. The van der Waals surface area contributed by atoms with Crippen molar-refractivity contribution in [2.75, 3.05) is 13.2 Å². The highest BCUT2D eigenvalue weighted by molar-refractivity contribution is 7.10. The number of nitrogens with one attached hydrogen (secondary N) is 1. The maximum absolute atomic E-state index is 5.88. The van der Waals surface area contributed by atoms with E-state index in [1.54, 1.807) is 11.3 Å². The molecule has 1 heterocycles. The van der Waals surface area contributed by atoms with Crippen molar-refractivity contribution in [1.82, 2.24) is 5.32 Å². The monoisotopic (exact) mass is 261 g/mol. The summed E-state index contributed by atoms with van der Waals surface area (Å²) < 4.78 is 5.47. The molecule has 1 rings (SSSR count). The predicted molar refractivity (Wildman–Crippen MR) is 71.3 cm³/mol. The molecule has 4 heteroatoms. The first-order chi connectivity index (χ1) is 7.63. The van der Waals surface area contributed by atoms with Crippen molar-refractivity contribution in [3.05, 3.63) is 21.3 Å². The highest BCUT2D eigenvalue weighted by Crippen LogP contribution is 2.19. The van der Waals surface area contributed by atoms with E-state index in [0.717, 1.165) is 24.8 Å². The van der Waals surface area contributed by atoms with Crippen molar-refractivity contribution in [1.29, 1.82) is 0 Å². The Hall–Kier alpha value is -0.0900. The van der Waals surface area contributed by atoms with Gasteiger partial charge in [0.05, 0.1) is 11.6 Å². The summed E-state index contributed by atoms with van der Waals surface area (Å²) in [5, 5.41) is 6.30. The van der Waals surface area contributed by atoms with Gasteiger partial charge in [-0.2, -0.15) is 0 Å². The largest absolute Gasteiger partial charge is 0.380 e. The van der Waals surface area contributed by atoms with Crippen molar-refractivity contribution in [3.8, 4) is 0 Å². The lowest BCUT2D eigenvalue weighted by Gasteiger charge is -2.21. The summed E-state index contributed by atoms with van der Waals surface area (Å²) in [6.07, 6.45) is 0. The van der Waals surface area contributed by atoms with Crippen LogP contribution in [0.15, 0.2) is 11.4 Å². The van der Waals surface area contributed by atoms with Crippen LogP contribution in [0.2, 0.25) is 5.02 Å². The maximum atomic E-state index is 5.88. The van der Waals surface area contributed by atoms with Gasteiger partial charge >= 0.3 is 0 Å². The Bertz CT molecular complexity index is 301. The number of ether oxygens (including phenoxy) is 1. The minimum absolute atomic E-state index is 0.404. The van der Waals surface area contributed by atoms with Crippen LogP contribution >= 0.6 is 22.9 Å². The van der Waals surface area contributed by atoms with E-state index in [9.17, 15) is 0 Å². The average Bonchev–Trinajstić information content (AvgIpc) is 2.64. The van der Waals surface area contributed by atoms with Gasteiger partial charge in [0.15, 0.2) is 0 Å². The van der Waals surface area contributed by atoms with Gasteiger partial charge in [-0.3, -0.25) is 0 Å². The molecule has 0 aliphatic heterocycles. The van der Waals surface area contributed by atoms with Crippen molar-refractivity contribution in [2.24, 2.45) is 5.92 Å². The quantitative estimate of drug-likeness (QED) is 0.811. The van der Waals surface area contributed by atoms with E-state index in [4.69, 9.17) is 16.3 Å². The zero-order valence-electron chi connectivity index (χ0n) is 10.1. The van der Waals surface area contributed by atoms with Gasteiger partial charge in [0.25, 0.3) is 0 Å². The topological polar surface area (TPSA) is 21.3 Å². The highest BCUT2D eigenvalue weighted by atomic mass is 35.5. The lowest BCUT2D eigenvalue weighted by Crippen LogP contribution is -2.37. The zero-order valence-corrected chi connectivity index (χ0v) is 11.7. The number of hydrogen-bond donors (Lipinski definition) is 1. The minimum atomic E-state index is 0.404. The third kappa shape index (κ3) is 4.83. The third-order valence-electron chi connectivity index (χ3n) is 2.47. The average molecular weight is 262 g/mol. The van der Waals surface area contributed by atoms with Crippen molar-refractivity contribution < 1.29 is 4.74 Å². The molecule has 0 radical (unpaired) electrons. The van der Waals surface area contributed by atoms with Crippen LogP contribution in [0.3, 0.4) is 0 Å². The Morgan fingerprint density at radius 2 is 2.25 bits per heavy atom. The number of thiophene rings is 1. The Kier molecular flexibility index (Phi) is 6.36. The van der Waals surface area contributed by atoms with Crippen LogP contribution < -0.4 is 5.32 Å². The molecule has 1 aromatic rings. The molecule has 0 amide bonds. The van der Waals surface area contributed by atoms with Crippen LogP contribution in [-0.2, 0) is 11.3 Å². The molecule has 0 bridgehead atoms. The molecule has 0 spiro atoms. The SMILES string of the molecule is CCOCC(NCc1cc(Cl)cs1)C(C)C. The summed E-state index contributed by atoms with van der Waals surface area (Å²) in [4.78, 5) is 1.27. The number of hydrogen-bond acceptors (Lipinski definition) is 3. The smallest absolute Gasteiger partial charge is 0.0622 e. The van der Waals surface area contributed by atoms with E-state index >= 15 is 0 Å². The molecule has 0 aliphatic carbocycles. The fourth-order valence-corrected chi connectivity index (χ4v) is 2.43.